The van der Waals surface area contributed by atoms with E-state index in [1.54, 1.807) is 0 Å². The van der Waals surface area contributed by atoms with E-state index in [4.69, 9.17) is 35.7 Å². The molecule has 0 aromatic heterocycles. The van der Waals surface area contributed by atoms with Crippen molar-refractivity contribution in [2.45, 2.75) is 19.4 Å². The van der Waals surface area contributed by atoms with Crippen LogP contribution in [0.25, 0.3) is 0 Å². The Bertz CT molecular complexity index is 1010. The summed E-state index contributed by atoms with van der Waals surface area (Å²) in [6, 6.07) is 0. The summed E-state index contributed by atoms with van der Waals surface area (Å²) in [5, 5.41) is -8.22. The van der Waals surface area contributed by atoms with E-state index in [0.717, 1.165) is 0 Å². The van der Waals surface area contributed by atoms with Crippen LogP contribution in [0.15, 0.2) is 0 Å². The topological polar surface area (TPSA) is 292 Å². The fraction of sp³-hybridized carbons (Fsp3) is 1.00. The van der Waals surface area contributed by atoms with Crippen LogP contribution in [0.1, 0.15) is 0 Å². The van der Waals surface area contributed by atoms with Crippen molar-refractivity contribution >= 4 is 78.8 Å². The SMILES string of the molecule is O=S(=O)(O)CC(C(C([CH2][Na])S(=O)(=O)O)S(=O)(=O)O)S(=O)(=O)O.O=S(=O)(O)O. The normalized spacial score (nSPS) is 17.3. The Kier molecular flexibility index (Phi) is 11.0. The third kappa shape index (κ3) is 14.2. The van der Waals surface area contributed by atoms with Gasteiger partial charge in [0.25, 0.3) is 0 Å². The van der Waals surface area contributed by atoms with Crippen LogP contribution >= 0.6 is 0 Å². The second-order valence-corrected chi connectivity index (χ2v) is 12.7. The van der Waals surface area contributed by atoms with E-state index in [1.165, 1.54) is 0 Å². The molecule has 0 saturated heterocycles. The molecular weight excluding hydrogens is 499 g/mol. The molecule has 0 saturated carbocycles. The quantitative estimate of drug-likeness (QED) is 0.136. The van der Waals surface area contributed by atoms with Crippen LogP contribution < -0.4 is 0 Å². The molecular formula is C5H13NaO16S5. The summed E-state index contributed by atoms with van der Waals surface area (Å²) >= 11 is -0.0941. The van der Waals surface area contributed by atoms with Gasteiger partial charge in [0.2, 0.25) is 0 Å². The van der Waals surface area contributed by atoms with Gasteiger partial charge in [-0.1, -0.05) is 0 Å². The van der Waals surface area contributed by atoms with E-state index in [9.17, 15) is 33.7 Å². The van der Waals surface area contributed by atoms with Crippen molar-refractivity contribution in [1.82, 2.24) is 0 Å². The van der Waals surface area contributed by atoms with E-state index in [0.29, 0.717) is 0 Å². The summed E-state index contributed by atoms with van der Waals surface area (Å²) in [6.07, 6.45) is 0. The first-order valence-electron chi connectivity index (χ1n) is 5.95. The summed E-state index contributed by atoms with van der Waals surface area (Å²) in [6.45, 7) is 0. The van der Waals surface area contributed by atoms with Gasteiger partial charge in [0.1, 0.15) is 0 Å². The maximum absolute atomic E-state index is 11.3. The molecule has 27 heavy (non-hydrogen) atoms. The number of hydrogen-bond donors (Lipinski definition) is 6. The van der Waals surface area contributed by atoms with Crippen molar-refractivity contribution in [3.05, 3.63) is 0 Å². The van der Waals surface area contributed by atoms with Crippen LogP contribution in [0, 0.1) is 0 Å². The molecule has 6 N–H and O–H groups in total. The fourth-order valence-electron chi connectivity index (χ4n) is 1.79. The minimum Gasteiger partial charge on any atom is -0.264 e. The van der Waals surface area contributed by atoms with Crippen molar-refractivity contribution in [3.8, 4) is 0 Å². The average Bonchev–Trinajstić information content (AvgIpc) is 2.25. The standard InChI is InChI=1S/C5H11O12S4.Na.H2O4S/c1-3(19(9,10)11)5(21(15,16)17)4(20(12,13)14)2-18(6,7)8;;1-5(2,3)4/h3-5H,1-2H2,(H,6,7,8)(H,9,10,11)(H,12,13,14)(H,15,16,17);;(H2,1,2,3,4). The Morgan fingerprint density at radius 3 is 1.04 bits per heavy atom. The van der Waals surface area contributed by atoms with Crippen molar-refractivity contribution < 1.29 is 69.4 Å². The van der Waals surface area contributed by atoms with E-state index < -0.39 is 76.0 Å². The zero-order valence-electron chi connectivity index (χ0n) is 13.0. The molecule has 0 aromatic rings. The van der Waals surface area contributed by atoms with Crippen LogP contribution in [0.5, 0.6) is 0 Å². The van der Waals surface area contributed by atoms with Gasteiger partial charge in [0.15, 0.2) is 0 Å². The summed E-state index contributed by atoms with van der Waals surface area (Å²) in [5.41, 5.74) is 0. The molecule has 0 aliphatic carbocycles. The predicted octanol–water partition coefficient (Wildman–Crippen LogP) is -3.42. The Balaban J connectivity index is 0. The molecule has 0 spiro atoms. The molecule has 0 aliphatic heterocycles. The minimum absolute atomic E-state index is 0.0941. The number of rotatable bonds is 8. The minimum atomic E-state index is -5.55. The first-order valence-corrected chi connectivity index (χ1v) is 14.9. The van der Waals surface area contributed by atoms with Gasteiger partial charge in [-0.3, -0.25) is 9.11 Å². The smallest absolute Gasteiger partial charge is 0.264 e. The van der Waals surface area contributed by atoms with Gasteiger partial charge >= 0.3 is 156 Å². The molecule has 3 unspecified atom stereocenters. The number of hydrogen-bond acceptors (Lipinski definition) is 10. The average molecular weight is 512 g/mol. The van der Waals surface area contributed by atoms with Gasteiger partial charge in [-0.05, 0) is 0 Å². The first-order chi connectivity index (χ1) is 11.4. The Morgan fingerprint density at radius 2 is 0.889 bits per heavy atom. The van der Waals surface area contributed by atoms with Crippen molar-refractivity contribution in [3.63, 3.8) is 0 Å². The van der Waals surface area contributed by atoms with Gasteiger partial charge < -0.3 is 0 Å². The maximum Gasteiger partial charge on any atom is 0.394 e. The second-order valence-electron chi connectivity index (χ2n) is 4.69. The van der Waals surface area contributed by atoms with Crippen LogP contribution in [0.2, 0.25) is 3.67 Å². The largest absolute Gasteiger partial charge is 0.394 e. The third-order valence-electron chi connectivity index (χ3n) is 2.62. The molecule has 0 aliphatic rings. The summed E-state index contributed by atoms with van der Waals surface area (Å²) in [4.78, 5) is 0. The maximum atomic E-state index is 11.3. The van der Waals surface area contributed by atoms with E-state index in [1.807, 2.05) is 0 Å². The van der Waals surface area contributed by atoms with Crippen LogP contribution in [0.4, 0.5) is 0 Å². The molecule has 3 atom stereocenters. The second kappa shape index (κ2) is 10.0. The Morgan fingerprint density at radius 1 is 0.593 bits per heavy atom. The molecule has 0 radical (unpaired) electrons. The van der Waals surface area contributed by atoms with Crippen LogP contribution in [0.3, 0.4) is 0 Å². The summed E-state index contributed by atoms with van der Waals surface area (Å²) in [7, 11) is -26.1. The zero-order valence-corrected chi connectivity index (χ0v) is 19.0. The molecule has 0 aromatic carbocycles. The molecule has 0 bridgehead atoms. The van der Waals surface area contributed by atoms with Crippen LogP contribution in [-0.2, 0) is 50.9 Å². The molecule has 16 nitrogen and oxygen atoms in total. The van der Waals surface area contributed by atoms with E-state index in [-0.39, 0.29) is 27.9 Å². The van der Waals surface area contributed by atoms with Crippen LogP contribution in [-0.4, -0.2) is 119 Å². The monoisotopic (exact) mass is 512 g/mol. The van der Waals surface area contributed by atoms with Crippen molar-refractivity contribution in [1.29, 1.82) is 0 Å². The summed E-state index contributed by atoms with van der Waals surface area (Å²) < 4.78 is 155. The molecule has 22 heteroatoms. The van der Waals surface area contributed by atoms with Gasteiger partial charge in [0, 0.05) is 0 Å². The van der Waals surface area contributed by atoms with E-state index >= 15 is 0 Å². The van der Waals surface area contributed by atoms with Crippen molar-refractivity contribution in [2.75, 3.05) is 5.75 Å². The summed E-state index contributed by atoms with van der Waals surface area (Å²) in [5.74, 6) is -1.90. The molecule has 0 amide bonds. The molecule has 160 valence electrons. The first kappa shape index (κ1) is 29.7. The molecule has 0 heterocycles. The van der Waals surface area contributed by atoms with E-state index in [2.05, 4.69) is 0 Å². The van der Waals surface area contributed by atoms with Gasteiger partial charge in [-0.15, -0.1) is 0 Å². The Labute approximate surface area is 172 Å². The van der Waals surface area contributed by atoms with Gasteiger partial charge in [0.05, 0.1) is 0 Å². The fourth-order valence-corrected chi connectivity index (χ4v) is 10.2. The predicted molar refractivity (Wildman–Crippen MR) is 87.2 cm³/mol. The molecule has 0 fully saturated rings. The van der Waals surface area contributed by atoms with Gasteiger partial charge in [-0.25, -0.2) is 0 Å². The molecule has 0 rings (SSSR count). The van der Waals surface area contributed by atoms with Crippen molar-refractivity contribution in [2.24, 2.45) is 0 Å². The Hall–Kier alpha value is 0.510. The van der Waals surface area contributed by atoms with Gasteiger partial charge in [-0.2, -0.15) is 8.42 Å². The zero-order chi connectivity index (χ0) is 22.6. The third-order valence-corrected chi connectivity index (χ3v) is 9.39.